The summed E-state index contributed by atoms with van der Waals surface area (Å²) in [6.07, 6.45) is -12.2. The summed E-state index contributed by atoms with van der Waals surface area (Å²) in [5, 5.41) is 4.10. The fraction of sp³-hybridized carbons (Fsp3) is 0.308. The second-order valence-corrected chi connectivity index (χ2v) is 6.50. The lowest BCUT2D eigenvalue weighted by Gasteiger charge is -2.34. The first-order valence-electron chi connectivity index (χ1n) is 6.82. The first kappa shape index (κ1) is 21.0. The molecule has 0 bridgehead atoms. The smallest absolute Gasteiger partial charge is 0.346 e. The van der Waals surface area contributed by atoms with E-state index < -0.39 is 29.3 Å². The molecule has 148 valence electrons. The predicted molar refractivity (Wildman–Crippen MR) is 86.7 cm³/mol. The van der Waals surface area contributed by atoms with E-state index in [1.807, 2.05) is 5.32 Å². The minimum Gasteiger partial charge on any atom is -0.346 e. The molecule has 14 heteroatoms. The van der Waals surface area contributed by atoms with Crippen LogP contribution in [0.15, 0.2) is 29.4 Å². The van der Waals surface area contributed by atoms with Crippen molar-refractivity contribution in [1.29, 1.82) is 0 Å². The van der Waals surface area contributed by atoms with Crippen LogP contribution in [0, 0.1) is 0 Å². The van der Waals surface area contributed by atoms with E-state index in [0.29, 0.717) is 10.2 Å². The first-order valence-corrected chi connectivity index (χ1v) is 8.01. The predicted octanol–water partition coefficient (Wildman–Crippen LogP) is 4.83. The summed E-state index contributed by atoms with van der Waals surface area (Å²) >= 11 is 6.00. The van der Waals surface area contributed by atoms with Gasteiger partial charge in [-0.15, -0.1) is 0 Å². The SMILES string of the molecule is CC(Cl)=NOC(NC(=O)Nc1nc2ccccc2s1)(C(F)(F)F)C(F)(F)F. The molecule has 1 aromatic carbocycles. The molecule has 27 heavy (non-hydrogen) atoms. The first-order chi connectivity index (χ1) is 12.4. The topological polar surface area (TPSA) is 75.6 Å². The van der Waals surface area contributed by atoms with Gasteiger partial charge in [0.25, 0.3) is 0 Å². The van der Waals surface area contributed by atoms with Crippen LogP contribution in [-0.4, -0.2) is 34.3 Å². The number of oxime groups is 1. The van der Waals surface area contributed by atoms with Gasteiger partial charge in [0.15, 0.2) is 5.13 Å². The van der Waals surface area contributed by atoms with Gasteiger partial charge in [-0.05, 0) is 19.1 Å². The molecule has 0 unspecified atom stereocenters. The summed E-state index contributed by atoms with van der Waals surface area (Å²) in [7, 11) is 0. The number of nitrogens with one attached hydrogen (secondary N) is 2. The number of rotatable bonds is 4. The van der Waals surface area contributed by atoms with E-state index in [4.69, 9.17) is 11.6 Å². The molecular formula is C13H9ClF6N4O2S. The van der Waals surface area contributed by atoms with Crippen molar-refractivity contribution in [2.45, 2.75) is 25.0 Å². The average molecular weight is 435 g/mol. The number of alkyl halides is 6. The number of amides is 2. The Morgan fingerprint density at radius 1 is 1.19 bits per heavy atom. The third-order valence-electron chi connectivity index (χ3n) is 2.91. The van der Waals surface area contributed by atoms with Crippen molar-refractivity contribution in [2.24, 2.45) is 5.16 Å². The Labute approximate surface area is 156 Å². The van der Waals surface area contributed by atoms with Gasteiger partial charge in [-0.3, -0.25) is 10.6 Å². The highest BCUT2D eigenvalue weighted by atomic mass is 35.5. The Morgan fingerprint density at radius 3 is 2.30 bits per heavy atom. The van der Waals surface area contributed by atoms with Crippen molar-refractivity contribution in [3.8, 4) is 0 Å². The van der Waals surface area contributed by atoms with Crippen LogP contribution >= 0.6 is 22.9 Å². The number of para-hydroxylation sites is 1. The number of carbonyl (C=O) groups excluding carboxylic acids is 1. The fourth-order valence-electron chi connectivity index (χ4n) is 1.77. The lowest BCUT2D eigenvalue weighted by atomic mass is 10.2. The van der Waals surface area contributed by atoms with Gasteiger partial charge in [-0.2, -0.15) is 26.3 Å². The van der Waals surface area contributed by atoms with Gasteiger partial charge >= 0.3 is 24.1 Å². The number of fused-ring (bicyclic) bond motifs is 1. The van der Waals surface area contributed by atoms with E-state index in [1.54, 1.807) is 24.3 Å². The second-order valence-electron chi connectivity index (χ2n) is 4.92. The van der Waals surface area contributed by atoms with Crippen LogP contribution < -0.4 is 10.6 Å². The van der Waals surface area contributed by atoms with Gasteiger partial charge in [-0.25, -0.2) is 9.78 Å². The molecule has 0 saturated heterocycles. The Hall–Kier alpha value is -2.28. The summed E-state index contributed by atoms with van der Waals surface area (Å²) < 4.78 is 79.6. The van der Waals surface area contributed by atoms with Crippen molar-refractivity contribution in [2.75, 3.05) is 5.32 Å². The molecule has 2 aromatic rings. The molecule has 6 nitrogen and oxygen atoms in total. The van der Waals surface area contributed by atoms with Crippen LogP contribution in [0.2, 0.25) is 0 Å². The zero-order chi connectivity index (χ0) is 20.5. The number of hydrogen-bond acceptors (Lipinski definition) is 5. The minimum atomic E-state index is -6.11. The van der Waals surface area contributed by atoms with Crippen LogP contribution in [-0.2, 0) is 4.84 Å². The zero-order valence-electron chi connectivity index (χ0n) is 13.1. The van der Waals surface area contributed by atoms with Gasteiger partial charge in [0.05, 0.1) is 10.2 Å². The Balaban J connectivity index is 2.32. The summed E-state index contributed by atoms with van der Waals surface area (Å²) in [6, 6.07) is 4.55. The van der Waals surface area contributed by atoms with E-state index in [0.717, 1.165) is 23.6 Å². The van der Waals surface area contributed by atoms with Crippen LogP contribution in [0.4, 0.5) is 36.3 Å². The van der Waals surface area contributed by atoms with Gasteiger partial charge in [0.2, 0.25) is 0 Å². The van der Waals surface area contributed by atoms with E-state index in [2.05, 4.69) is 15.0 Å². The molecule has 2 N–H and O–H groups in total. The molecule has 0 radical (unpaired) electrons. The molecule has 1 aromatic heterocycles. The largest absolute Gasteiger partial charge is 0.461 e. The maximum absolute atomic E-state index is 13.2. The standard InChI is InChI=1S/C13H9ClF6N4O2S/c1-6(14)24-26-11(12(15,16)17,13(18,19)20)23-9(25)22-10-21-7-4-2-3-5-8(7)27-10/h2-5H,1H3,(H2,21,22,23,25). The molecule has 2 rings (SSSR count). The van der Waals surface area contributed by atoms with Crippen molar-refractivity contribution in [1.82, 2.24) is 10.3 Å². The summed E-state index contributed by atoms with van der Waals surface area (Å²) in [6.45, 7) is 0.889. The lowest BCUT2D eigenvalue weighted by Crippen LogP contribution is -2.69. The third kappa shape index (κ3) is 4.53. The second kappa shape index (κ2) is 7.38. The van der Waals surface area contributed by atoms with E-state index in [1.165, 1.54) is 0 Å². The number of halogens is 7. The normalized spacial score (nSPS) is 13.6. The van der Waals surface area contributed by atoms with Crippen molar-refractivity contribution in [3.63, 3.8) is 0 Å². The van der Waals surface area contributed by atoms with Gasteiger partial charge in [0.1, 0.15) is 5.17 Å². The molecule has 2 amide bonds. The van der Waals surface area contributed by atoms with Crippen LogP contribution in [0.1, 0.15) is 6.92 Å². The number of urea groups is 1. The highest BCUT2D eigenvalue weighted by Gasteiger charge is 2.76. The molecule has 0 spiro atoms. The van der Waals surface area contributed by atoms with Crippen LogP contribution in [0.5, 0.6) is 0 Å². The maximum atomic E-state index is 13.2. The fourth-order valence-corrected chi connectivity index (χ4v) is 2.67. The Kier molecular flexibility index (Phi) is 5.75. The van der Waals surface area contributed by atoms with Crippen LogP contribution in [0.25, 0.3) is 10.2 Å². The minimum absolute atomic E-state index is 0.219. The van der Waals surface area contributed by atoms with E-state index in [-0.39, 0.29) is 5.13 Å². The van der Waals surface area contributed by atoms with Gasteiger partial charge in [-0.1, -0.05) is 40.2 Å². The average Bonchev–Trinajstić information content (AvgIpc) is 2.90. The Bertz CT molecular complexity index is 815. The quantitative estimate of drug-likeness (QED) is 0.313. The molecular weight excluding hydrogens is 426 g/mol. The number of aromatic nitrogens is 1. The third-order valence-corrected chi connectivity index (χ3v) is 3.93. The molecule has 0 fully saturated rings. The maximum Gasteiger partial charge on any atom is 0.461 e. The van der Waals surface area contributed by atoms with E-state index in [9.17, 15) is 31.1 Å². The number of thiazole rings is 1. The molecule has 0 aliphatic carbocycles. The monoisotopic (exact) mass is 434 g/mol. The van der Waals surface area contributed by atoms with Crippen molar-refractivity contribution >= 4 is 49.5 Å². The number of hydrogen-bond donors (Lipinski definition) is 2. The Morgan fingerprint density at radius 2 is 1.78 bits per heavy atom. The number of anilines is 1. The van der Waals surface area contributed by atoms with Gasteiger partial charge < -0.3 is 4.84 Å². The van der Waals surface area contributed by atoms with E-state index >= 15 is 0 Å². The number of benzene rings is 1. The zero-order valence-corrected chi connectivity index (χ0v) is 14.6. The number of nitrogens with zero attached hydrogens (tertiary/aromatic N) is 2. The summed E-state index contributed by atoms with van der Waals surface area (Å²) in [5.41, 5.74) is -4.72. The number of carbonyl (C=O) groups is 1. The molecule has 0 aliphatic heterocycles. The molecule has 0 saturated carbocycles. The van der Waals surface area contributed by atoms with Crippen LogP contribution in [0.3, 0.4) is 0 Å². The highest BCUT2D eigenvalue weighted by Crippen LogP contribution is 2.44. The van der Waals surface area contributed by atoms with Crippen molar-refractivity contribution in [3.05, 3.63) is 24.3 Å². The molecule has 0 atom stereocenters. The lowest BCUT2D eigenvalue weighted by molar-refractivity contribution is -0.388. The van der Waals surface area contributed by atoms with Crippen molar-refractivity contribution < 1.29 is 36.0 Å². The van der Waals surface area contributed by atoms with Gasteiger partial charge in [0, 0.05) is 0 Å². The summed E-state index contributed by atoms with van der Waals surface area (Å²) in [5.74, 6) is 0. The summed E-state index contributed by atoms with van der Waals surface area (Å²) in [4.78, 5) is 19.3. The highest BCUT2D eigenvalue weighted by molar-refractivity contribution is 7.22. The molecule has 0 aliphatic rings. The molecule has 1 heterocycles.